The lowest BCUT2D eigenvalue weighted by Gasteiger charge is -2.26. The number of hydrogen-bond acceptors (Lipinski definition) is 3. The van der Waals surface area contributed by atoms with Gasteiger partial charge in [-0.05, 0) is 5.41 Å². The number of fused-ring (bicyclic) bond motifs is 1. The first kappa shape index (κ1) is 7.53. The minimum absolute atomic E-state index is 0.0314. The van der Waals surface area contributed by atoms with Gasteiger partial charge in [-0.25, -0.2) is 4.98 Å². The van der Waals surface area contributed by atoms with Gasteiger partial charge < -0.3 is 4.42 Å². The van der Waals surface area contributed by atoms with Crippen molar-refractivity contribution >= 4 is 5.78 Å². The van der Waals surface area contributed by atoms with E-state index in [0.717, 1.165) is 12.2 Å². The van der Waals surface area contributed by atoms with Gasteiger partial charge in [-0.1, -0.05) is 13.8 Å². The topological polar surface area (TPSA) is 43.1 Å². The molecule has 2 rings (SSSR count). The van der Waals surface area contributed by atoms with E-state index in [1.54, 1.807) is 0 Å². The van der Waals surface area contributed by atoms with Gasteiger partial charge in [0.15, 0.2) is 12.2 Å². The highest BCUT2D eigenvalue weighted by molar-refractivity contribution is 5.96. The van der Waals surface area contributed by atoms with E-state index in [-0.39, 0.29) is 11.2 Å². The molecule has 1 aliphatic carbocycles. The molecule has 1 heterocycles. The second kappa shape index (κ2) is 2.19. The van der Waals surface area contributed by atoms with Gasteiger partial charge in [0.05, 0.1) is 0 Å². The standard InChI is InChI=1S/C9H11NO2/c1-9(2)3-6(11)8-7(4-9)12-5-10-8/h5H,3-4H2,1-2H3. The van der Waals surface area contributed by atoms with Gasteiger partial charge in [0.2, 0.25) is 0 Å². The summed E-state index contributed by atoms with van der Waals surface area (Å²) in [6.45, 7) is 4.13. The molecule has 1 aliphatic rings. The van der Waals surface area contributed by atoms with Crippen molar-refractivity contribution in [1.29, 1.82) is 0 Å². The Morgan fingerprint density at radius 3 is 3.00 bits per heavy atom. The maximum absolute atomic E-state index is 11.4. The molecule has 12 heavy (non-hydrogen) atoms. The number of ketones is 1. The van der Waals surface area contributed by atoms with Gasteiger partial charge in [-0.3, -0.25) is 4.79 Å². The number of carbonyl (C=O) groups is 1. The fourth-order valence-corrected chi connectivity index (χ4v) is 1.64. The Labute approximate surface area is 70.8 Å². The molecular formula is C9H11NO2. The van der Waals surface area contributed by atoms with Crippen molar-refractivity contribution in [2.45, 2.75) is 26.7 Å². The summed E-state index contributed by atoms with van der Waals surface area (Å²) in [5, 5.41) is 0. The van der Waals surface area contributed by atoms with Gasteiger partial charge in [-0.15, -0.1) is 0 Å². The molecular weight excluding hydrogens is 154 g/mol. The number of hydrogen-bond donors (Lipinski definition) is 0. The minimum Gasteiger partial charge on any atom is -0.448 e. The van der Waals surface area contributed by atoms with Crippen LogP contribution in [0.25, 0.3) is 0 Å². The fourth-order valence-electron chi connectivity index (χ4n) is 1.64. The van der Waals surface area contributed by atoms with Gasteiger partial charge in [0.25, 0.3) is 0 Å². The van der Waals surface area contributed by atoms with Crippen LogP contribution in [0.5, 0.6) is 0 Å². The Morgan fingerprint density at radius 1 is 1.50 bits per heavy atom. The monoisotopic (exact) mass is 165 g/mol. The molecule has 0 atom stereocenters. The molecule has 1 aromatic rings. The first-order chi connectivity index (χ1) is 5.58. The number of Topliss-reactive ketones (excluding diaryl/α,β-unsaturated/α-hetero) is 1. The molecule has 3 heteroatoms. The predicted molar refractivity (Wildman–Crippen MR) is 42.9 cm³/mol. The lowest BCUT2D eigenvalue weighted by Crippen LogP contribution is -2.26. The molecule has 0 unspecified atom stereocenters. The Bertz CT molecular complexity index is 325. The van der Waals surface area contributed by atoms with Crippen molar-refractivity contribution in [3.05, 3.63) is 17.8 Å². The van der Waals surface area contributed by atoms with Gasteiger partial charge >= 0.3 is 0 Å². The first-order valence-corrected chi connectivity index (χ1v) is 4.04. The Balaban J connectivity index is 2.45. The molecule has 0 saturated carbocycles. The Hall–Kier alpha value is -1.12. The van der Waals surface area contributed by atoms with Gasteiger partial charge in [0.1, 0.15) is 11.5 Å². The van der Waals surface area contributed by atoms with Gasteiger partial charge in [-0.2, -0.15) is 0 Å². The third-order valence-corrected chi connectivity index (χ3v) is 2.18. The average Bonchev–Trinajstić information content (AvgIpc) is 2.31. The van der Waals surface area contributed by atoms with Crippen molar-refractivity contribution in [1.82, 2.24) is 4.98 Å². The van der Waals surface area contributed by atoms with Crippen molar-refractivity contribution in [3.8, 4) is 0 Å². The van der Waals surface area contributed by atoms with E-state index in [1.165, 1.54) is 6.39 Å². The van der Waals surface area contributed by atoms with E-state index in [4.69, 9.17) is 4.42 Å². The van der Waals surface area contributed by atoms with E-state index in [0.29, 0.717) is 12.1 Å². The largest absolute Gasteiger partial charge is 0.448 e. The maximum Gasteiger partial charge on any atom is 0.185 e. The average molecular weight is 165 g/mol. The lowest BCUT2D eigenvalue weighted by atomic mass is 9.78. The number of aromatic nitrogens is 1. The number of rotatable bonds is 0. The summed E-state index contributed by atoms with van der Waals surface area (Å²) < 4.78 is 5.13. The predicted octanol–water partition coefficient (Wildman–Crippen LogP) is 1.83. The van der Waals surface area contributed by atoms with Crippen molar-refractivity contribution < 1.29 is 9.21 Å². The maximum atomic E-state index is 11.4. The van der Waals surface area contributed by atoms with Crippen LogP contribution in [-0.2, 0) is 6.42 Å². The van der Waals surface area contributed by atoms with Crippen LogP contribution in [0, 0.1) is 5.41 Å². The second-order valence-corrected chi connectivity index (χ2v) is 4.07. The molecule has 0 aliphatic heterocycles. The van der Waals surface area contributed by atoms with Crippen LogP contribution in [0.2, 0.25) is 0 Å². The quantitative estimate of drug-likeness (QED) is 0.589. The number of oxazole rings is 1. The molecule has 0 amide bonds. The molecule has 1 aromatic heterocycles. The molecule has 0 N–H and O–H groups in total. The van der Waals surface area contributed by atoms with Gasteiger partial charge in [0, 0.05) is 12.8 Å². The summed E-state index contributed by atoms with van der Waals surface area (Å²) in [6, 6.07) is 0. The molecule has 3 nitrogen and oxygen atoms in total. The van der Waals surface area contributed by atoms with Crippen LogP contribution in [0.1, 0.15) is 36.5 Å². The summed E-state index contributed by atoms with van der Waals surface area (Å²) in [6.07, 6.45) is 2.74. The van der Waals surface area contributed by atoms with E-state index < -0.39 is 0 Å². The van der Waals surface area contributed by atoms with Crippen LogP contribution in [0.4, 0.5) is 0 Å². The van der Waals surface area contributed by atoms with Crippen molar-refractivity contribution in [2.24, 2.45) is 5.41 Å². The van der Waals surface area contributed by atoms with Crippen LogP contribution >= 0.6 is 0 Å². The Morgan fingerprint density at radius 2 is 2.25 bits per heavy atom. The van der Waals surface area contributed by atoms with Crippen molar-refractivity contribution in [3.63, 3.8) is 0 Å². The minimum atomic E-state index is 0.0314. The van der Waals surface area contributed by atoms with Crippen molar-refractivity contribution in [2.75, 3.05) is 0 Å². The molecule has 64 valence electrons. The highest BCUT2D eigenvalue weighted by atomic mass is 16.3. The summed E-state index contributed by atoms with van der Waals surface area (Å²) in [4.78, 5) is 15.3. The zero-order chi connectivity index (χ0) is 8.77. The summed E-state index contributed by atoms with van der Waals surface area (Å²) in [5.41, 5.74) is 0.568. The molecule has 0 radical (unpaired) electrons. The fraction of sp³-hybridized carbons (Fsp3) is 0.556. The number of nitrogens with zero attached hydrogens (tertiary/aromatic N) is 1. The highest BCUT2D eigenvalue weighted by Crippen LogP contribution is 2.33. The van der Waals surface area contributed by atoms with Crippen LogP contribution in [0.3, 0.4) is 0 Å². The summed E-state index contributed by atoms with van der Waals surface area (Å²) in [5.74, 6) is 0.853. The number of carbonyl (C=O) groups excluding carboxylic acids is 1. The zero-order valence-electron chi connectivity index (χ0n) is 7.26. The summed E-state index contributed by atoms with van der Waals surface area (Å²) >= 11 is 0. The van der Waals surface area contributed by atoms with Crippen LogP contribution in [-0.4, -0.2) is 10.8 Å². The molecule has 0 fully saturated rings. The third kappa shape index (κ3) is 1.05. The molecule has 0 spiro atoms. The first-order valence-electron chi connectivity index (χ1n) is 4.04. The molecule has 0 saturated heterocycles. The normalized spacial score (nSPS) is 20.7. The Kier molecular flexibility index (Phi) is 1.37. The molecule has 0 aromatic carbocycles. The lowest BCUT2D eigenvalue weighted by molar-refractivity contribution is 0.0899. The SMILES string of the molecule is CC1(C)CC(=O)c2ncoc2C1. The highest BCUT2D eigenvalue weighted by Gasteiger charge is 2.33. The van der Waals surface area contributed by atoms with Crippen LogP contribution < -0.4 is 0 Å². The van der Waals surface area contributed by atoms with Crippen LogP contribution in [0.15, 0.2) is 10.8 Å². The zero-order valence-corrected chi connectivity index (χ0v) is 7.26. The van der Waals surface area contributed by atoms with E-state index in [9.17, 15) is 4.79 Å². The van der Waals surface area contributed by atoms with E-state index in [1.807, 2.05) is 0 Å². The third-order valence-electron chi connectivity index (χ3n) is 2.18. The second-order valence-electron chi connectivity index (χ2n) is 4.07. The summed E-state index contributed by atoms with van der Waals surface area (Å²) in [7, 11) is 0. The van der Waals surface area contributed by atoms with E-state index in [2.05, 4.69) is 18.8 Å². The smallest absolute Gasteiger partial charge is 0.185 e. The van der Waals surface area contributed by atoms with E-state index >= 15 is 0 Å². The molecule has 0 bridgehead atoms.